The number of halogens is 1. The number of carbonyl (C=O) groups is 1. The third kappa shape index (κ3) is 4.15. The summed E-state index contributed by atoms with van der Waals surface area (Å²) in [6.45, 7) is 0.498. The van der Waals surface area contributed by atoms with E-state index in [1.54, 1.807) is 14.2 Å². The zero-order valence-corrected chi connectivity index (χ0v) is 17.6. The minimum absolute atomic E-state index is 0.102. The first-order valence-corrected chi connectivity index (χ1v) is 10.5. The van der Waals surface area contributed by atoms with Gasteiger partial charge in [0.1, 0.15) is 23.4 Å². The molecule has 1 heterocycles. The summed E-state index contributed by atoms with van der Waals surface area (Å²) in [5, 5.41) is 3.62. The Hall–Kier alpha value is -2.40. The van der Waals surface area contributed by atoms with Crippen LogP contribution in [-0.4, -0.2) is 32.8 Å². The molecule has 2 aromatic rings. The average molecular weight is 416 g/mol. The van der Waals surface area contributed by atoms with Gasteiger partial charge in [0.15, 0.2) is 0 Å². The molecule has 1 unspecified atom stereocenters. The van der Waals surface area contributed by atoms with E-state index in [0.29, 0.717) is 23.7 Å². The van der Waals surface area contributed by atoms with Crippen molar-refractivity contribution in [3.8, 4) is 28.4 Å². The maximum atomic E-state index is 12.3. The number of benzene rings is 2. The molecule has 2 aliphatic rings. The van der Waals surface area contributed by atoms with E-state index in [0.717, 1.165) is 53.9 Å². The van der Waals surface area contributed by atoms with Gasteiger partial charge in [-0.05, 0) is 48.7 Å². The summed E-state index contributed by atoms with van der Waals surface area (Å²) in [6.07, 6.45) is 4.89. The van der Waals surface area contributed by atoms with Crippen molar-refractivity contribution in [2.45, 2.75) is 38.2 Å². The van der Waals surface area contributed by atoms with Gasteiger partial charge < -0.3 is 19.5 Å². The average Bonchev–Trinajstić information content (AvgIpc) is 3.41. The van der Waals surface area contributed by atoms with Crippen LogP contribution >= 0.6 is 11.6 Å². The lowest BCUT2D eigenvalue weighted by atomic mass is 9.99. The first-order valence-electron chi connectivity index (χ1n) is 10.1. The molecule has 0 saturated heterocycles. The molecule has 0 spiro atoms. The molecule has 1 N–H and O–H groups in total. The molecule has 1 aliphatic carbocycles. The number of hydrogen-bond acceptors (Lipinski definition) is 4. The second-order valence-electron chi connectivity index (χ2n) is 7.68. The Bertz CT molecular complexity index is 908. The quantitative estimate of drug-likeness (QED) is 0.747. The molecule has 0 radical (unpaired) electrons. The monoisotopic (exact) mass is 415 g/mol. The van der Waals surface area contributed by atoms with Gasteiger partial charge in [0.2, 0.25) is 5.91 Å². The van der Waals surface area contributed by atoms with Crippen molar-refractivity contribution in [2.24, 2.45) is 5.92 Å². The van der Waals surface area contributed by atoms with Gasteiger partial charge in [-0.1, -0.05) is 24.4 Å². The van der Waals surface area contributed by atoms with Gasteiger partial charge in [-0.3, -0.25) is 4.79 Å². The number of fused-ring (bicyclic) bond motifs is 1. The fourth-order valence-electron chi connectivity index (χ4n) is 4.24. The van der Waals surface area contributed by atoms with Crippen molar-refractivity contribution in [1.82, 2.24) is 5.32 Å². The van der Waals surface area contributed by atoms with Crippen LogP contribution in [0.25, 0.3) is 11.1 Å². The number of carbonyl (C=O) groups excluding carboxylic acids is 1. The lowest BCUT2D eigenvalue weighted by Gasteiger charge is -2.15. The Kier molecular flexibility index (Phi) is 5.86. The Labute approximate surface area is 176 Å². The summed E-state index contributed by atoms with van der Waals surface area (Å²) in [6, 6.07) is 9.65. The minimum Gasteiger partial charge on any atom is -0.497 e. The van der Waals surface area contributed by atoms with Crippen LogP contribution < -0.4 is 19.5 Å². The third-order valence-electron chi connectivity index (χ3n) is 5.80. The summed E-state index contributed by atoms with van der Waals surface area (Å²) in [7, 11) is 3.28. The zero-order valence-electron chi connectivity index (χ0n) is 16.8. The van der Waals surface area contributed by atoms with Gasteiger partial charge in [0.25, 0.3) is 0 Å². The molecule has 0 bridgehead atoms. The number of hydrogen-bond donors (Lipinski definition) is 1. The molecule has 1 amide bonds. The second kappa shape index (κ2) is 8.54. The van der Waals surface area contributed by atoms with Crippen LogP contribution in [-0.2, 0) is 11.2 Å². The van der Waals surface area contributed by atoms with Gasteiger partial charge in [0, 0.05) is 23.5 Å². The number of ether oxygens (including phenoxy) is 3. The predicted molar refractivity (Wildman–Crippen MR) is 113 cm³/mol. The van der Waals surface area contributed by atoms with Crippen LogP contribution in [0, 0.1) is 5.92 Å². The highest BCUT2D eigenvalue weighted by Crippen LogP contribution is 2.42. The Morgan fingerprint density at radius 3 is 2.69 bits per heavy atom. The van der Waals surface area contributed by atoms with Crippen LogP contribution in [0.3, 0.4) is 0 Å². The summed E-state index contributed by atoms with van der Waals surface area (Å²) in [5.74, 6) is 2.52. The van der Waals surface area contributed by atoms with E-state index in [-0.39, 0.29) is 17.9 Å². The Morgan fingerprint density at radius 2 is 1.97 bits per heavy atom. The van der Waals surface area contributed by atoms with Gasteiger partial charge in [0.05, 0.1) is 25.8 Å². The second-order valence-corrected chi connectivity index (χ2v) is 8.09. The van der Waals surface area contributed by atoms with Crippen molar-refractivity contribution in [2.75, 3.05) is 20.8 Å². The molecule has 0 aromatic heterocycles. The fourth-order valence-corrected chi connectivity index (χ4v) is 4.53. The van der Waals surface area contributed by atoms with Gasteiger partial charge >= 0.3 is 0 Å². The van der Waals surface area contributed by atoms with E-state index >= 15 is 0 Å². The topological polar surface area (TPSA) is 56.8 Å². The van der Waals surface area contributed by atoms with Crippen molar-refractivity contribution in [1.29, 1.82) is 0 Å². The summed E-state index contributed by atoms with van der Waals surface area (Å²) in [5.41, 5.74) is 2.90. The van der Waals surface area contributed by atoms with E-state index < -0.39 is 0 Å². The molecule has 2 aromatic carbocycles. The van der Waals surface area contributed by atoms with Crippen molar-refractivity contribution in [3.05, 3.63) is 40.9 Å². The molecule has 4 rings (SSSR count). The van der Waals surface area contributed by atoms with Crippen molar-refractivity contribution < 1.29 is 19.0 Å². The fraction of sp³-hybridized carbons (Fsp3) is 0.435. The van der Waals surface area contributed by atoms with E-state index in [4.69, 9.17) is 25.8 Å². The maximum absolute atomic E-state index is 12.3. The number of nitrogens with one attached hydrogen (secondary N) is 1. The number of methoxy groups -OCH3 is 2. The summed E-state index contributed by atoms with van der Waals surface area (Å²) in [4.78, 5) is 12.3. The van der Waals surface area contributed by atoms with Gasteiger partial charge in [-0.15, -0.1) is 0 Å². The molecule has 6 heteroatoms. The SMILES string of the molecule is COc1ccc(OC)c(-c2cc(Cl)c3c(c2)CC(CNC(=O)C2CCCC2)O3)c1. The Balaban J connectivity index is 1.50. The van der Waals surface area contributed by atoms with Crippen molar-refractivity contribution >= 4 is 17.5 Å². The van der Waals surface area contributed by atoms with E-state index in [1.807, 2.05) is 24.3 Å². The van der Waals surface area contributed by atoms with Crippen LogP contribution in [0.4, 0.5) is 0 Å². The lowest BCUT2D eigenvalue weighted by Crippen LogP contribution is -2.37. The summed E-state index contributed by atoms with van der Waals surface area (Å²) >= 11 is 6.54. The number of rotatable bonds is 6. The van der Waals surface area contributed by atoms with Crippen LogP contribution in [0.2, 0.25) is 5.02 Å². The first-order chi connectivity index (χ1) is 14.1. The van der Waals surface area contributed by atoms with Crippen LogP contribution in [0.1, 0.15) is 31.2 Å². The highest BCUT2D eigenvalue weighted by atomic mass is 35.5. The molecule has 1 aliphatic heterocycles. The van der Waals surface area contributed by atoms with E-state index in [9.17, 15) is 4.79 Å². The molecule has 29 heavy (non-hydrogen) atoms. The zero-order chi connectivity index (χ0) is 20.4. The minimum atomic E-state index is -0.102. The number of amides is 1. The standard InChI is InChI=1S/C23H26ClNO4/c1-27-17-7-8-21(28-2)19(12-17)15-9-16-10-18(29-22(16)20(24)11-15)13-25-23(26)14-5-3-4-6-14/h7-9,11-12,14,18H,3-6,10,13H2,1-2H3,(H,25,26). The summed E-state index contributed by atoms with van der Waals surface area (Å²) < 4.78 is 16.9. The van der Waals surface area contributed by atoms with Crippen LogP contribution in [0.5, 0.6) is 17.2 Å². The van der Waals surface area contributed by atoms with Crippen LogP contribution in [0.15, 0.2) is 30.3 Å². The Morgan fingerprint density at radius 1 is 1.17 bits per heavy atom. The highest BCUT2D eigenvalue weighted by molar-refractivity contribution is 6.32. The van der Waals surface area contributed by atoms with Gasteiger partial charge in [-0.2, -0.15) is 0 Å². The molecule has 1 fully saturated rings. The molecule has 154 valence electrons. The first kappa shape index (κ1) is 19.9. The van der Waals surface area contributed by atoms with Crippen molar-refractivity contribution in [3.63, 3.8) is 0 Å². The van der Waals surface area contributed by atoms with E-state index in [1.165, 1.54) is 0 Å². The highest BCUT2D eigenvalue weighted by Gasteiger charge is 2.28. The maximum Gasteiger partial charge on any atom is 0.223 e. The largest absolute Gasteiger partial charge is 0.497 e. The molecule has 5 nitrogen and oxygen atoms in total. The lowest BCUT2D eigenvalue weighted by molar-refractivity contribution is -0.125. The predicted octanol–water partition coefficient (Wildman–Crippen LogP) is 4.63. The normalized spacial score (nSPS) is 18.2. The molecular formula is C23H26ClNO4. The third-order valence-corrected chi connectivity index (χ3v) is 6.08. The van der Waals surface area contributed by atoms with Gasteiger partial charge in [-0.25, -0.2) is 0 Å². The van der Waals surface area contributed by atoms with E-state index in [2.05, 4.69) is 11.4 Å². The smallest absolute Gasteiger partial charge is 0.223 e. The molecular weight excluding hydrogens is 390 g/mol. The molecule has 1 saturated carbocycles. The molecule has 1 atom stereocenters.